The van der Waals surface area contributed by atoms with Crippen molar-refractivity contribution >= 4 is 33.8 Å². The fourth-order valence-corrected chi connectivity index (χ4v) is 3.11. The van der Waals surface area contributed by atoms with E-state index in [1.54, 1.807) is 47.7 Å². The minimum atomic E-state index is -0.305. The number of aryl methyl sites for hydroxylation is 1. The van der Waals surface area contributed by atoms with E-state index in [4.69, 9.17) is 0 Å². The van der Waals surface area contributed by atoms with Crippen LogP contribution in [0, 0.1) is 0 Å². The number of hydrogen-bond acceptors (Lipinski definition) is 6. The molecule has 0 bridgehead atoms. The van der Waals surface area contributed by atoms with E-state index in [1.807, 2.05) is 31.4 Å². The predicted molar refractivity (Wildman–Crippen MR) is 109 cm³/mol. The second-order valence-corrected chi connectivity index (χ2v) is 6.58. The van der Waals surface area contributed by atoms with Gasteiger partial charge in [0.05, 0.1) is 22.7 Å². The van der Waals surface area contributed by atoms with Gasteiger partial charge in [-0.3, -0.25) is 24.8 Å². The Hall–Kier alpha value is -4.20. The van der Waals surface area contributed by atoms with Crippen molar-refractivity contribution in [2.45, 2.75) is 0 Å². The molecule has 140 valence electrons. The molecule has 0 atom stereocenters. The van der Waals surface area contributed by atoms with Gasteiger partial charge in [-0.2, -0.15) is 5.10 Å². The molecule has 0 saturated heterocycles. The molecule has 1 amide bonds. The number of carbonyl (C=O) groups excluding carboxylic acids is 1. The van der Waals surface area contributed by atoms with E-state index in [2.05, 4.69) is 30.4 Å². The highest BCUT2D eigenvalue weighted by molar-refractivity contribution is 6.05. The number of carbonyl (C=O) groups is 1. The fourth-order valence-electron chi connectivity index (χ4n) is 3.11. The first kappa shape index (κ1) is 16.9. The van der Waals surface area contributed by atoms with Crippen LogP contribution in [0.4, 0.5) is 5.95 Å². The van der Waals surface area contributed by atoms with Crippen LogP contribution in [-0.4, -0.2) is 35.6 Å². The van der Waals surface area contributed by atoms with Crippen LogP contribution in [0.2, 0.25) is 0 Å². The van der Waals surface area contributed by atoms with E-state index in [-0.39, 0.29) is 11.9 Å². The number of benzene rings is 2. The molecule has 5 rings (SSSR count). The van der Waals surface area contributed by atoms with Gasteiger partial charge in [-0.15, -0.1) is 0 Å². The molecule has 8 heteroatoms. The van der Waals surface area contributed by atoms with Crippen LogP contribution >= 0.6 is 0 Å². The van der Waals surface area contributed by atoms with Gasteiger partial charge in [-0.1, -0.05) is 12.1 Å². The molecule has 0 unspecified atom stereocenters. The average molecular weight is 381 g/mol. The van der Waals surface area contributed by atoms with Crippen LogP contribution in [0.25, 0.3) is 33.1 Å². The van der Waals surface area contributed by atoms with E-state index in [1.165, 1.54) is 0 Å². The van der Waals surface area contributed by atoms with Gasteiger partial charge in [0.2, 0.25) is 5.95 Å². The van der Waals surface area contributed by atoms with Crippen molar-refractivity contribution in [2.24, 2.45) is 7.05 Å². The highest BCUT2D eigenvalue weighted by Crippen LogP contribution is 2.23. The molecular weight excluding hydrogens is 366 g/mol. The lowest BCUT2D eigenvalue weighted by Crippen LogP contribution is -2.14. The molecule has 29 heavy (non-hydrogen) atoms. The molecule has 0 spiro atoms. The predicted octanol–water partition coefficient (Wildman–Crippen LogP) is 3.23. The number of aromatic nitrogens is 6. The number of amides is 1. The van der Waals surface area contributed by atoms with E-state index >= 15 is 0 Å². The summed E-state index contributed by atoms with van der Waals surface area (Å²) in [5.41, 5.74) is 4.58. The zero-order chi connectivity index (χ0) is 19.8. The molecule has 0 saturated carbocycles. The zero-order valence-electron chi connectivity index (χ0n) is 15.4. The van der Waals surface area contributed by atoms with Crippen molar-refractivity contribution < 1.29 is 4.79 Å². The zero-order valence-corrected chi connectivity index (χ0v) is 15.4. The summed E-state index contributed by atoms with van der Waals surface area (Å²) in [6, 6.07) is 11.1. The SMILES string of the molecule is Cn1cc(-c2ccc3cnc(NC(=O)c4ccc5nccnc5c4)nc3c2)cn1. The lowest BCUT2D eigenvalue weighted by atomic mass is 10.1. The molecule has 0 aliphatic carbocycles. The second kappa shape index (κ2) is 6.75. The molecule has 3 aromatic heterocycles. The smallest absolute Gasteiger partial charge is 0.258 e. The first-order valence-electron chi connectivity index (χ1n) is 8.94. The maximum atomic E-state index is 12.6. The quantitative estimate of drug-likeness (QED) is 0.515. The summed E-state index contributed by atoms with van der Waals surface area (Å²) in [5, 5.41) is 7.84. The van der Waals surface area contributed by atoms with Crippen molar-refractivity contribution in [3.05, 3.63) is 72.9 Å². The van der Waals surface area contributed by atoms with Gasteiger partial charge in [-0.05, 0) is 29.8 Å². The van der Waals surface area contributed by atoms with Crippen LogP contribution in [0.5, 0.6) is 0 Å². The molecule has 2 aromatic carbocycles. The Labute approximate surface area is 165 Å². The van der Waals surface area contributed by atoms with E-state index in [0.29, 0.717) is 11.1 Å². The maximum Gasteiger partial charge on any atom is 0.258 e. The maximum absolute atomic E-state index is 12.6. The lowest BCUT2D eigenvalue weighted by Gasteiger charge is -2.06. The number of hydrogen-bond donors (Lipinski definition) is 1. The van der Waals surface area contributed by atoms with Gasteiger partial charge < -0.3 is 0 Å². The van der Waals surface area contributed by atoms with Crippen molar-refractivity contribution in [1.82, 2.24) is 29.7 Å². The fraction of sp³-hybridized carbons (Fsp3) is 0.0476. The van der Waals surface area contributed by atoms with Crippen LogP contribution < -0.4 is 5.32 Å². The third kappa shape index (κ3) is 3.27. The number of nitrogens with one attached hydrogen (secondary N) is 1. The van der Waals surface area contributed by atoms with Gasteiger partial charge in [0, 0.05) is 48.3 Å². The molecule has 8 nitrogen and oxygen atoms in total. The van der Waals surface area contributed by atoms with Crippen LogP contribution in [0.3, 0.4) is 0 Å². The molecule has 3 heterocycles. The third-order valence-electron chi connectivity index (χ3n) is 4.58. The molecule has 0 aliphatic heterocycles. The summed E-state index contributed by atoms with van der Waals surface area (Å²) in [5.74, 6) is -0.0644. The standard InChI is InChI=1S/C21H15N7O/c1-28-12-16(11-25-28)13-2-3-15-10-24-21(26-18(15)8-13)27-20(29)14-4-5-17-19(9-14)23-7-6-22-17/h2-12H,1H3,(H,24,26,27,29). The monoisotopic (exact) mass is 381 g/mol. The Morgan fingerprint density at radius 2 is 1.76 bits per heavy atom. The Morgan fingerprint density at radius 3 is 2.59 bits per heavy atom. The van der Waals surface area contributed by atoms with Crippen molar-refractivity contribution in [3.63, 3.8) is 0 Å². The Kier molecular flexibility index (Phi) is 3.94. The first-order valence-corrected chi connectivity index (χ1v) is 8.94. The minimum Gasteiger partial charge on any atom is -0.290 e. The summed E-state index contributed by atoms with van der Waals surface area (Å²) in [6.45, 7) is 0. The number of anilines is 1. The highest BCUT2D eigenvalue weighted by Gasteiger charge is 2.11. The van der Waals surface area contributed by atoms with Gasteiger partial charge in [0.25, 0.3) is 5.91 Å². The molecule has 0 fully saturated rings. The number of fused-ring (bicyclic) bond motifs is 2. The molecular formula is C21H15N7O. The second-order valence-electron chi connectivity index (χ2n) is 6.58. The molecule has 1 N–H and O–H groups in total. The minimum absolute atomic E-state index is 0.241. The molecule has 0 radical (unpaired) electrons. The Balaban J connectivity index is 1.45. The van der Waals surface area contributed by atoms with Gasteiger partial charge in [0.15, 0.2) is 0 Å². The number of nitrogens with zero attached hydrogens (tertiary/aromatic N) is 6. The van der Waals surface area contributed by atoms with E-state index in [9.17, 15) is 4.79 Å². The van der Waals surface area contributed by atoms with E-state index in [0.717, 1.165) is 27.5 Å². The van der Waals surface area contributed by atoms with Gasteiger partial charge in [-0.25, -0.2) is 9.97 Å². The highest BCUT2D eigenvalue weighted by atomic mass is 16.1. The van der Waals surface area contributed by atoms with Crippen molar-refractivity contribution in [3.8, 4) is 11.1 Å². The van der Waals surface area contributed by atoms with E-state index < -0.39 is 0 Å². The van der Waals surface area contributed by atoms with Crippen molar-refractivity contribution in [2.75, 3.05) is 5.32 Å². The average Bonchev–Trinajstić information content (AvgIpc) is 3.19. The van der Waals surface area contributed by atoms with Gasteiger partial charge in [0.1, 0.15) is 0 Å². The topological polar surface area (TPSA) is 98.5 Å². The van der Waals surface area contributed by atoms with Crippen LogP contribution in [0.1, 0.15) is 10.4 Å². The summed E-state index contributed by atoms with van der Waals surface area (Å²) in [7, 11) is 1.87. The third-order valence-corrected chi connectivity index (χ3v) is 4.58. The van der Waals surface area contributed by atoms with Gasteiger partial charge >= 0.3 is 0 Å². The summed E-state index contributed by atoms with van der Waals surface area (Å²) >= 11 is 0. The molecule has 0 aliphatic rings. The first-order chi connectivity index (χ1) is 14.2. The van der Waals surface area contributed by atoms with Crippen molar-refractivity contribution in [1.29, 1.82) is 0 Å². The lowest BCUT2D eigenvalue weighted by molar-refractivity contribution is 0.102. The molecule has 5 aromatic rings. The normalized spacial score (nSPS) is 11.1. The summed E-state index contributed by atoms with van der Waals surface area (Å²) in [4.78, 5) is 29.8. The summed E-state index contributed by atoms with van der Waals surface area (Å²) < 4.78 is 1.75. The Morgan fingerprint density at radius 1 is 0.897 bits per heavy atom. The largest absolute Gasteiger partial charge is 0.290 e. The Bertz CT molecular complexity index is 1380. The van der Waals surface area contributed by atoms with Crippen LogP contribution in [-0.2, 0) is 7.05 Å². The number of rotatable bonds is 3. The van der Waals surface area contributed by atoms with Crippen LogP contribution in [0.15, 0.2) is 67.4 Å². The summed E-state index contributed by atoms with van der Waals surface area (Å²) in [6.07, 6.45) is 8.64.